The summed E-state index contributed by atoms with van der Waals surface area (Å²) in [7, 11) is 0. The molecule has 27 heavy (non-hydrogen) atoms. The lowest BCUT2D eigenvalue weighted by atomic mass is 9.98. The van der Waals surface area contributed by atoms with E-state index in [9.17, 15) is 9.59 Å². The standard InChI is InChI=1S/C21H24N4O2/c1-14-15(2)22-20-12-17(23-25(20)21(14)27)18-10-6-7-11-24(18)13-19(26)16-8-4-3-5-9-16/h3-5,8-9,12,18,23H,6-7,10-11,13H2,1-2H3. The van der Waals surface area contributed by atoms with Crippen molar-refractivity contribution in [2.45, 2.75) is 39.2 Å². The van der Waals surface area contributed by atoms with Crippen LogP contribution in [0, 0.1) is 13.8 Å². The number of aryl methyl sites for hydroxylation is 1. The van der Waals surface area contributed by atoms with E-state index < -0.39 is 0 Å². The van der Waals surface area contributed by atoms with E-state index in [-0.39, 0.29) is 17.4 Å². The van der Waals surface area contributed by atoms with Gasteiger partial charge < -0.3 is 0 Å². The lowest BCUT2D eigenvalue weighted by Crippen LogP contribution is -2.37. The fourth-order valence-electron chi connectivity index (χ4n) is 3.84. The van der Waals surface area contributed by atoms with E-state index >= 15 is 0 Å². The molecule has 1 atom stereocenters. The molecule has 0 bridgehead atoms. The number of ketones is 1. The second-order valence-electron chi connectivity index (χ2n) is 7.30. The highest BCUT2D eigenvalue weighted by Crippen LogP contribution is 2.30. The van der Waals surface area contributed by atoms with E-state index in [1.165, 1.54) is 4.52 Å². The first kappa shape index (κ1) is 17.7. The highest BCUT2D eigenvalue weighted by Gasteiger charge is 2.28. The van der Waals surface area contributed by atoms with Gasteiger partial charge in [0.15, 0.2) is 11.4 Å². The van der Waals surface area contributed by atoms with Gasteiger partial charge in [-0.25, -0.2) is 9.50 Å². The van der Waals surface area contributed by atoms with Crippen molar-refractivity contribution in [1.29, 1.82) is 0 Å². The molecule has 1 saturated heterocycles. The summed E-state index contributed by atoms with van der Waals surface area (Å²) in [5.74, 6) is 0.126. The van der Waals surface area contributed by atoms with Crippen LogP contribution >= 0.6 is 0 Å². The summed E-state index contributed by atoms with van der Waals surface area (Å²) >= 11 is 0. The van der Waals surface area contributed by atoms with Crippen LogP contribution in [0.3, 0.4) is 0 Å². The molecule has 0 radical (unpaired) electrons. The Morgan fingerprint density at radius 2 is 2.00 bits per heavy atom. The molecule has 3 aromatic rings. The number of rotatable bonds is 4. The van der Waals surface area contributed by atoms with Gasteiger partial charge in [0.1, 0.15) is 0 Å². The number of hydrogen-bond acceptors (Lipinski definition) is 4. The number of aromatic nitrogens is 3. The molecular weight excluding hydrogens is 340 g/mol. The van der Waals surface area contributed by atoms with Crippen LogP contribution in [0.4, 0.5) is 0 Å². The number of benzene rings is 1. The van der Waals surface area contributed by atoms with Crippen molar-refractivity contribution in [1.82, 2.24) is 19.5 Å². The second kappa shape index (κ2) is 7.12. The topological polar surface area (TPSA) is 70.5 Å². The normalized spacial score (nSPS) is 18.1. The summed E-state index contributed by atoms with van der Waals surface area (Å²) < 4.78 is 1.52. The van der Waals surface area contributed by atoms with Crippen LogP contribution in [0.15, 0.2) is 41.2 Å². The zero-order chi connectivity index (χ0) is 19.0. The minimum Gasteiger partial charge on any atom is -0.293 e. The average molecular weight is 364 g/mol. The third-order valence-electron chi connectivity index (χ3n) is 5.52. The number of carbonyl (C=O) groups is 1. The molecule has 3 heterocycles. The van der Waals surface area contributed by atoms with Crippen molar-refractivity contribution in [2.75, 3.05) is 13.1 Å². The lowest BCUT2D eigenvalue weighted by molar-refractivity contribution is 0.0838. The quantitative estimate of drug-likeness (QED) is 0.723. The Hall–Kier alpha value is -2.73. The number of carbonyl (C=O) groups excluding carboxylic acids is 1. The van der Waals surface area contributed by atoms with Gasteiger partial charge in [0.2, 0.25) is 0 Å². The Morgan fingerprint density at radius 1 is 1.22 bits per heavy atom. The van der Waals surface area contributed by atoms with Gasteiger partial charge in [-0.2, -0.15) is 0 Å². The molecule has 140 valence electrons. The molecule has 0 saturated carbocycles. The molecule has 6 nitrogen and oxygen atoms in total. The highest BCUT2D eigenvalue weighted by molar-refractivity contribution is 5.97. The van der Waals surface area contributed by atoms with Crippen LogP contribution in [0.1, 0.15) is 52.6 Å². The molecule has 1 unspecified atom stereocenters. The van der Waals surface area contributed by atoms with Gasteiger partial charge in [-0.15, -0.1) is 0 Å². The Balaban J connectivity index is 1.65. The van der Waals surface area contributed by atoms with Crippen molar-refractivity contribution in [3.8, 4) is 0 Å². The first-order valence-corrected chi connectivity index (χ1v) is 9.46. The molecule has 4 rings (SSSR count). The molecule has 1 aliphatic heterocycles. The Morgan fingerprint density at radius 3 is 2.78 bits per heavy atom. The zero-order valence-electron chi connectivity index (χ0n) is 15.7. The summed E-state index contributed by atoms with van der Waals surface area (Å²) in [6, 6.07) is 11.5. The molecule has 1 aromatic carbocycles. The lowest BCUT2D eigenvalue weighted by Gasteiger charge is -2.34. The van der Waals surface area contributed by atoms with E-state index in [1.54, 1.807) is 6.92 Å². The van der Waals surface area contributed by atoms with Crippen LogP contribution in [-0.4, -0.2) is 38.4 Å². The third kappa shape index (κ3) is 3.32. The number of piperidine rings is 1. The monoisotopic (exact) mass is 364 g/mol. The first-order valence-electron chi connectivity index (χ1n) is 9.46. The zero-order valence-corrected chi connectivity index (χ0v) is 15.7. The number of hydrogen-bond donors (Lipinski definition) is 1. The fourth-order valence-corrected chi connectivity index (χ4v) is 3.84. The predicted octanol–water partition coefficient (Wildman–Crippen LogP) is 3.05. The largest absolute Gasteiger partial charge is 0.293 e. The number of nitrogens with zero attached hydrogens (tertiary/aromatic N) is 3. The number of likely N-dealkylation sites (tertiary alicyclic amines) is 1. The smallest absolute Gasteiger partial charge is 0.275 e. The van der Waals surface area contributed by atoms with E-state index in [0.717, 1.165) is 42.8 Å². The molecule has 0 amide bonds. The van der Waals surface area contributed by atoms with Gasteiger partial charge in [-0.3, -0.25) is 19.6 Å². The van der Waals surface area contributed by atoms with Crippen molar-refractivity contribution in [3.05, 3.63) is 69.3 Å². The summed E-state index contributed by atoms with van der Waals surface area (Å²) in [6.45, 7) is 4.90. The maximum Gasteiger partial charge on any atom is 0.275 e. The average Bonchev–Trinajstić information content (AvgIpc) is 3.11. The van der Waals surface area contributed by atoms with E-state index in [4.69, 9.17) is 0 Å². The minimum absolute atomic E-state index is 0.0635. The van der Waals surface area contributed by atoms with E-state index in [0.29, 0.717) is 17.8 Å². The van der Waals surface area contributed by atoms with Gasteiger partial charge in [0.05, 0.1) is 18.3 Å². The summed E-state index contributed by atoms with van der Waals surface area (Å²) in [5, 5.41) is 3.23. The van der Waals surface area contributed by atoms with Crippen molar-refractivity contribution in [2.24, 2.45) is 0 Å². The Labute approximate surface area is 157 Å². The summed E-state index contributed by atoms with van der Waals surface area (Å²) in [6.07, 6.45) is 3.15. The maximum absolute atomic E-state index is 12.7. The Bertz CT molecular complexity index is 1040. The van der Waals surface area contributed by atoms with E-state index in [1.807, 2.05) is 43.3 Å². The van der Waals surface area contributed by atoms with Crippen LogP contribution in [0.25, 0.3) is 5.65 Å². The molecule has 6 heteroatoms. The van der Waals surface area contributed by atoms with Crippen molar-refractivity contribution < 1.29 is 4.79 Å². The Kier molecular flexibility index (Phi) is 4.66. The molecule has 0 aliphatic carbocycles. The first-order chi connectivity index (χ1) is 13.0. The number of Topliss-reactive ketones (excluding diaryl/α,β-unsaturated/α-hetero) is 1. The molecule has 1 fully saturated rings. The van der Waals surface area contributed by atoms with Gasteiger partial charge in [0.25, 0.3) is 5.56 Å². The molecule has 2 aromatic heterocycles. The van der Waals surface area contributed by atoms with Crippen molar-refractivity contribution in [3.63, 3.8) is 0 Å². The van der Waals surface area contributed by atoms with E-state index in [2.05, 4.69) is 15.0 Å². The number of fused-ring (bicyclic) bond motifs is 1. The molecule has 1 aliphatic rings. The number of H-pyrrole nitrogens is 1. The SMILES string of the molecule is Cc1nc2cc(C3CCCCN3CC(=O)c3ccccc3)[nH]n2c(=O)c1C. The predicted molar refractivity (Wildman–Crippen MR) is 104 cm³/mol. The summed E-state index contributed by atoms with van der Waals surface area (Å²) in [5.41, 5.74) is 3.67. The van der Waals surface area contributed by atoms with Gasteiger partial charge in [-0.05, 0) is 33.2 Å². The fraction of sp³-hybridized carbons (Fsp3) is 0.381. The van der Waals surface area contributed by atoms with Gasteiger partial charge in [-0.1, -0.05) is 36.8 Å². The van der Waals surface area contributed by atoms with Crippen LogP contribution in [0.2, 0.25) is 0 Å². The number of nitrogens with one attached hydrogen (secondary N) is 1. The minimum atomic E-state index is -0.0635. The number of aromatic amines is 1. The maximum atomic E-state index is 12.7. The third-order valence-corrected chi connectivity index (χ3v) is 5.52. The van der Waals surface area contributed by atoms with Crippen molar-refractivity contribution >= 4 is 11.4 Å². The highest BCUT2D eigenvalue weighted by atomic mass is 16.1. The van der Waals surface area contributed by atoms with Gasteiger partial charge >= 0.3 is 0 Å². The summed E-state index contributed by atoms with van der Waals surface area (Å²) in [4.78, 5) is 31.9. The van der Waals surface area contributed by atoms with Crippen LogP contribution in [0.5, 0.6) is 0 Å². The second-order valence-corrected chi connectivity index (χ2v) is 7.30. The van der Waals surface area contributed by atoms with Crippen LogP contribution < -0.4 is 5.56 Å². The van der Waals surface area contributed by atoms with Gasteiger partial charge in [0, 0.05) is 22.9 Å². The van der Waals surface area contributed by atoms with Crippen LogP contribution in [-0.2, 0) is 0 Å². The molecule has 1 N–H and O–H groups in total. The molecule has 0 spiro atoms. The molecular formula is C21H24N4O2.